The van der Waals surface area contributed by atoms with E-state index in [1.165, 1.54) is 22.4 Å². The Balaban J connectivity index is 2.11. The molecule has 2 aromatic rings. The quantitative estimate of drug-likeness (QED) is 0.813. The Labute approximate surface area is 114 Å². The Hall–Kier alpha value is -1.12. The van der Waals surface area contributed by atoms with Gasteiger partial charge in [-0.15, -0.1) is 11.3 Å². The van der Waals surface area contributed by atoms with Crippen molar-refractivity contribution >= 4 is 11.3 Å². The fraction of sp³-hybridized carbons (Fsp3) is 0.375. The van der Waals surface area contributed by atoms with Gasteiger partial charge in [-0.1, -0.05) is 42.8 Å². The fourth-order valence-corrected chi connectivity index (χ4v) is 2.81. The van der Waals surface area contributed by atoms with Crippen molar-refractivity contribution < 1.29 is 0 Å². The summed E-state index contributed by atoms with van der Waals surface area (Å²) < 4.78 is 0. The molecular weight excluding hydrogens is 238 g/mol. The third-order valence-electron chi connectivity index (χ3n) is 3.11. The Morgan fingerprint density at radius 1 is 1.17 bits per heavy atom. The largest absolute Gasteiger partial charge is 0.310 e. The predicted molar refractivity (Wildman–Crippen MR) is 80.2 cm³/mol. The molecule has 0 aliphatic carbocycles. The van der Waals surface area contributed by atoms with Gasteiger partial charge in [0.05, 0.1) is 0 Å². The van der Waals surface area contributed by atoms with Gasteiger partial charge in [-0.25, -0.2) is 0 Å². The highest BCUT2D eigenvalue weighted by atomic mass is 32.1. The summed E-state index contributed by atoms with van der Waals surface area (Å²) >= 11 is 1.84. The summed E-state index contributed by atoms with van der Waals surface area (Å²) in [6, 6.07) is 13.7. The van der Waals surface area contributed by atoms with Gasteiger partial charge in [0.1, 0.15) is 0 Å². The molecule has 1 aromatic heterocycles. The van der Waals surface area contributed by atoms with Crippen LogP contribution in [-0.4, -0.2) is 6.54 Å². The maximum absolute atomic E-state index is 3.65. The van der Waals surface area contributed by atoms with Crippen molar-refractivity contribution in [2.75, 3.05) is 6.54 Å². The molecule has 0 bridgehead atoms. The summed E-state index contributed by atoms with van der Waals surface area (Å²) in [6.07, 6.45) is 2.26. The van der Waals surface area contributed by atoms with Crippen LogP contribution in [0.1, 0.15) is 35.4 Å². The molecular formula is C16H21NS. The molecule has 0 saturated heterocycles. The molecule has 0 aliphatic rings. The van der Waals surface area contributed by atoms with Crippen molar-refractivity contribution in [3.05, 3.63) is 57.8 Å². The topological polar surface area (TPSA) is 12.0 Å². The zero-order valence-electron chi connectivity index (χ0n) is 11.1. The number of hydrogen-bond donors (Lipinski definition) is 1. The third-order valence-corrected chi connectivity index (χ3v) is 4.00. The first kappa shape index (κ1) is 13.3. The van der Waals surface area contributed by atoms with E-state index >= 15 is 0 Å². The van der Waals surface area contributed by atoms with E-state index in [2.05, 4.69) is 60.9 Å². The van der Waals surface area contributed by atoms with Gasteiger partial charge in [-0.2, -0.15) is 0 Å². The second-order valence-corrected chi connectivity index (χ2v) is 5.73. The zero-order valence-corrected chi connectivity index (χ0v) is 12.0. The molecule has 18 heavy (non-hydrogen) atoms. The number of rotatable bonds is 6. The van der Waals surface area contributed by atoms with Gasteiger partial charge in [0, 0.05) is 17.3 Å². The molecule has 0 fully saturated rings. The van der Waals surface area contributed by atoms with Crippen molar-refractivity contribution in [1.29, 1.82) is 0 Å². The van der Waals surface area contributed by atoms with Crippen LogP contribution < -0.4 is 5.32 Å². The van der Waals surface area contributed by atoms with Gasteiger partial charge in [0.15, 0.2) is 0 Å². The predicted octanol–water partition coefficient (Wildman–Crippen LogP) is 4.34. The van der Waals surface area contributed by atoms with Gasteiger partial charge >= 0.3 is 0 Å². The number of thiophene rings is 1. The maximum atomic E-state index is 3.65. The molecule has 0 amide bonds. The van der Waals surface area contributed by atoms with Crippen LogP contribution in [0, 0.1) is 6.92 Å². The van der Waals surface area contributed by atoms with E-state index < -0.39 is 0 Å². The highest BCUT2D eigenvalue weighted by Crippen LogP contribution is 2.21. The molecule has 1 unspecified atom stereocenters. The molecule has 2 heteroatoms. The Kier molecular flexibility index (Phi) is 4.97. The summed E-state index contributed by atoms with van der Waals surface area (Å²) in [5.74, 6) is 0. The van der Waals surface area contributed by atoms with Gasteiger partial charge in [-0.3, -0.25) is 0 Å². The first-order valence-electron chi connectivity index (χ1n) is 6.62. The SMILES string of the molecule is CCCNC(Cc1cccs1)c1ccc(C)cc1. The van der Waals surface area contributed by atoms with Gasteiger partial charge < -0.3 is 5.32 Å². The van der Waals surface area contributed by atoms with Crippen LogP contribution >= 0.6 is 11.3 Å². The number of benzene rings is 1. The van der Waals surface area contributed by atoms with Crippen LogP contribution in [0.4, 0.5) is 0 Å². The van der Waals surface area contributed by atoms with Gasteiger partial charge in [-0.05, 0) is 36.9 Å². The van der Waals surface area contributed by atoms with Crippen LogP contribution in [0.3, 0.4) is 0 Å². The highest BCUT2D eigenvalue weighted by Gasteiger charge is 2.11. The van der Waals surface area contributed by atoms with Gasteiger partial charge in [0.2, 0.25) is 0 Å². The van der Waals surface area contributed by atoms with Crippen molar-refractivity contribution in [1.82, 2.24) is 5.32 Å². The van der Waals surface area contributed by atoms with Crippen molar-refractivity contribution in [3.8, 4) is 0 Å². The van der Waals surface area contributed by atoms with E-state index in [4.69, 9.17) is 0 Å². The molecule has 0 spiro atoms. The highest BCUT2D eigenvalue weighted by molar-refractivity contribution is 7.09. The Morgan fingerprint density at radius 2 is 1.94 bits per heavy atom. The fourth-order valence-electron chi connectivity index (χ4n) is 2.06. The van der Waals surface area contributed by atoms with Gasteiger partial charge in [0.25, 0.3) is 0 Å². The van der Waals surface area contributed by atoms with Crippen molar-refractivity contribution in [2.24, 2.45) is 0 Å². The van der Waals surface area contributed by atoms with Crippen LogP contribution in [-0.2, 0) is 6.42 Å². The molecule has 1 nitrogen and oxygen atoms in total. The minimum Gasteiger partial charge on any atom is -0.310 e. The lowest BCUT2D eigenvalue weighted by Gasteiger charge is -2.18. The minimum atomic E-state index is 0.434. The lowest BCUT2D eigenvalue weighted by molar-refractivity contribution is 0.532. The summed E-state index contributed by atoms with van der Waals surface area (Å²) in [5, 5.41) is 5.80. The van der Waals surface area contributed by atoms with E-state index in [1.54, 1.807) is 0 Å². The van der Waals surface area contributed by atoms with E-state index in [1.807, 2.05) is 11.3 Å². The van der Waals surface area contributed by atoms with Crippen molar-refractivity contribution in [3.63, 3.8) is 0 Å². The summed E-state index contributed by atoms with van der Waals surface area (Å²) in [5.41, 5.74) is 2.71. The average Bonchev–Trinajstić information content (AvgIpc) is 2.88. The standard InChI is InChI=1S/C16H21NS/c1-3-10-17-16(12-15-5-4-11-18-15)14-8-6-13(2)7-9-14/h4-9,11,16-17H,3,10,12H2,1-2H3. The molecule has 1 N–H and O–H groups in total. The summed E-state index contributed by atoms with van der Waals surface area (Å²) in [4.78, 5) is 1.45. The van der Waals surface area contributed by atoms with Crippen molar-refractivity contribution in [2.45, 2.75) is 32.7 Å². The van der Waals surface area contributed by atoms with E-state index in [9.17, 15) is 0 Å². The number of nitrogens with one attached hydrogen (secondary N) is 1. The van der Waals surface area contributed by atoms with Crippen LogP contribution in [0.25, 0.3) is 0 Å². The zero-order chi connectivity index (χ0) is 12.8. The van der Waals surface area contributed by atoms with E-state index in [0.29, 0.717) is 6.04 Å². The summed E-state index contributed by atoms with van der Waals surface area (Å²) in [6.45, 7) is 5.42. The first-order valence-corrected chi connectivity index (χ1v) is 7.50. The number of aryl methyl sites for hydroxylation is 1. The lowest BCUT2D eigenvalue weighted by atomic mass is 10.0. The first-order chi connectivity index (χ1) is 8.79. The van der Waals surface area contributed by atoms with Crippen LogP contribution in [0.5, 0.6) is 0 Å². The summed E-state index contributed by atoms with van der Waals surface area (Å²) in [7, 11) is 0. The molecule has 2 rings (SSSR count). The van der Waals surface area contributed by atoms with Crippen LogP contribution in [0.15, 0.2) is 41.8 Å². The smallest absolute Gasteiger partial charge is 0.0368 e. The molecule has 0 saturated carbocycles. The Bertz CT molecular complexity index is 444. The second kappa shape index (κ2) is 6.72. The maximum Gasteiger partial charge on any atom is 0.0368 e. The molecule has 1 heterocycles. The average molecular weight is 259 g/mol. The monoisotopic (exact) mass is 259 g/mol. The third kappa shape index (κ3) is 3.69. The molecule has 0 aliphatic heterocycles. The molecule has 1 atom stereocenters. The van der Waals surface area contributed by atoms with E-state index in [-0.39, 0.29) is 0 Å². The van der Waals surface area contributed by atoms with E-state index in [0.717, 1.165) is 13.0 Å². The number of hydrogen-bond acceptors (Lipinski definition) is 2. The normalized spacial score (nSPS) is 12.6. The minimum absolute atomic E-state index is 0.434. The molecule has 96 valence electrons. The van der Waals surface area contributed by atoms with Crippen LogP contribution in [0.2, 0.25) is 0 Å². The second-order valence-electron chi connectivity index (χ2n) is 4.70. The molecule has 0 radical (unpaired) electrons. The Morgan fingerprint density at radius 3 is 2.56 bits per heavy atom. The lowest BCUT2D eigenvalue weighted by Crippen LogP contribution is -2.23. The molecule has 1 aromatic carbocycles.